The first kappa shape index (κ1) is 19.7. The standard InChI is InChI=1S/C22H23ClN2O4S/c23-16-7-9-17(10-8-16)30(27,28)25-13-21(29-20-4-2-1-3-19(20)25)22(26)24-18-12-14-5-6-15(18)11-14/h1-4,7-10,14-15,18,21H,5-6,11-13H2,(H,24,26)/t14-,15-,18-,21+/m0/s1. The van der Waals surface area contributed by atoms with Gasteiger partial charge in [-0.2, -0.15) is 0 Å². The van der Waals surface area contributed by atoms with Crippen molar-refractivity contribution < 1.29 is 17.9 Å². The monoisotopic (exact) mass is 446 g/mol. The molecule has 2 aromatic carbocycles. The van der Waals surface area contributed by atoms with E-state index in [9.17, 15) is 13.2 Å². The molecule has 6 nitrogen and oxygen atoms in total. The van der Waals surface area contributed by atoms with Crippen molar-refractivity contribution in [3.8, 4) is 5.75 Å². The van der Waals surface area contributed by atoms with Gasteiger partial charge in [-0.1, -0.05) is 30.2 Å². The van der Waals surface area contributed by atoms with Crippen molar-refractivity contribution in [2.24, 2.45) is 11.8 Å². The van der Waals surface area contributed by atoms with E-state index in [1.165, 1.54) is 29.3 Å². The molecule has 1 N–H and O–H groups in total. The molecule has 1 heterocycles. The molecule has 30 heavy (non-hydrogen) atoms. The average Bonchev–Trinajstić information content (AvgIpc) is 3.36. The number of benzene rings is 2. The number of ether oxygens (including phenoxy) is 1. The smallest absolute Gasteiger partial charge is 0.264 e. The molecule has 1 aliphatic heterocycles. The van der Waals surface area contributed by atoms with Gasteiger partial charge in [0, 0.05) is 11.1 Å². The maximum Gasteiger partial charge on any atom is 0.264 e. The van der Waals surface area contributed by atoms with Crippen LogP contribution in [0.25, 0.3) is 0 Å². The highest BCUT2D eigenvalue weighted by Gasteiger charge is 2.43. The lowest BCUT2D eigenvalue weighted by Crippen LogP contribution is -2.53. The number of hydrogen-bond acceptors (Lipinski definition) is 4. The number of amides is 1. The highest BCUT2D eigenvalue weighted by atomic mass is 35.5. The molecule has 0 saturated heterocycles. The van der Waals surface area contributed by atoms with Crippen LogP contribution >= 0.6 is 11.6 Å². The van der Waals surface area contributed by atoms with Crippen LogP contribution in [-0.4, -0.2) is 33.0 Å². The number of carbonyl (C=O) groups is 1. The van der Waals surface area contributed by atoms with Crippen LogP contribution in [0.4, 0.5) is 5.69 Å². The number of carbonyl (C=O) groups excluding carboxylic acids is 1. The second-order valence-corrected chi connectivity index (χ2v) is 10.7. The molecule has 4 atom stereocenters. The van der Waals surface area contributed by atoms with Crippen LogP contribution < -0.4 is 14.4 Å². The SMILES string of the molecule is O=C(N[C@H]1C[C@H]2CC[C@H]1C2)[C@H]1CN(S(=O)(=O)c2ccc(Cl)cc2)c2ccccc2O1. The van der Waals surface area contributed by atoms with Gasteiger partial charge in [0.1, 0.15) is 5.75 Å². The molecule has 2 fully saturated rings. The third kappa shape index (κ3) is 3.44. The largest absolute Gasteiger partial charge is 0.476 e. The summed E-state index contributed by atoms with van der Waals surface area (Å²) in [6.07, 6.45) is 3.68. The van der Waals surface area contributed by atoms with E-state index in [0.29, 0.717) is 28.3 Å². The van der Waals surface area contributed by atoms with Crippen molar-refractivity contribution in [2.45, 2.75) is 42.7 Å². The molecule has 8 heteroatoms. The van der Waals surface area contributed by atoms with E-state index in [0.717, 1.165) is 12.8 Å². The summed E-state index contributed by atoms with van der Waals surface area (Å²) in [5.74, 6) is 1.37. The van der Waals surface area contributed by atoms with Crippen molar-refractivity contribution in [2.75, 3.05) is 10.8 Å². The molecule has 1 amide bonds. The van der Waals surface area contributed by atoms with Gasteiger partial charge in [0.25, 0.3) is 15.9 Å². The van der Waals surface area contributed by atoms with E-state index >= 15 is 0 Å². The van der Waals surface area contributed by atoms with Crippen LogP contribution in [0.5, 0.6) is 5.75 Å². The van der Waals surface area contributed by atoms with Crippen LogP contribution in [-0.2, 0) is 14.8 Å². The fourth-order valence-corrected chi connectivity index (χ4v) is 6.60. The van der Waals surface area contributed by atoms with E-state index in [-0.39, 0.29) is 23.4 Å². The maximum absolute atomic E-state index is 13.4. The molecule has 2 saturated carbocycles. The molecule has 0 unspecified atom stereocenters. The van der Waals surface area contributed by atoms with E-state index in [2.05, 4.69) is 5.32 Å². The molecule has 5 rings (SSSR count). The first-order valence-electron chi connectivity index (χ1n) is 10.3. The normalized spacial score (nSPS) is 27.4. The van der Waals surface area contributed by atoms with Crippen molar-refractivity contribution in [1.29, 1.82) is 0 Å². The summed E-state index contributed by atoms with van der Waals surface area (Å²) in [6, 6.07) is 13.1. The Kier molecular flexibility index (Phi) is 4.90. The summed E-state index contributed by atoms with van der Waals surface area (Å²) in [5, 5.41) is 3.59. The Balaban J connectivity index is 1.42. The first-order valence-corrected chi connectivity index (χ1v) is 12.1. The first-order chi connectivity index (χ1) is 14.4. The number of nitrogens with one attached hydrogen (secondary N) is 1. The van der Waals surface area contributed by atoms with Crippen molar-refractivity contribution in [3.63, 3.8) is 0 Å². The third-order valence-corrected chi connectivity index (χ3v) is 8.54. The summed E-state index contributed by atoms with van der Waals surface area (Å²) in [6.45, 7) is -0.0748. The molecular formula is C22H23ClN2O4S. The highest BCUT2D eigenvalue weighted by molar-refractivity contribution is 7.92. The van der Waals surface area contributed by atoms with Gasteiger partial charge in [-0.25, -0.2) is 8.42 Å². The Morgan fingerprint density at radius 2 is 1.83 bits per heavy atom. The Labute approximate surface area is 181 Å². The third-order valence-electron chi connectivity index (χ3n) is 6.49. The fourth-order valence-electron chi connectivity index (χ4n) is 5.00. The molecular weight excluding hydrogens is 424 g/mol. The number of hydrogen-bond donors (Lipinski definition) is 1. The lowest BCUT2D eigenvalue weighted by Gasteiger charge is -2.35. The average molecular weight is 447 g/mol. The lowest BCUT2D eigenvalue weighted by atomic mass is 9.95. The Morgan fingerprint density at radius 1 is 1.07 bits per heavy atom. The maximum atomic E-state index is 13.4. The molecule has 2 aliphatic carbocycles. The number of para-hydroxylation sites is 2. The van der Waals surface area contributed by atoms with E-state index in [4.69, 9.17) is 16.3 Å². The highest BCUT2D eigenvalue weighted by Crippen LogP contribution is 2.44. The van der Waals surface area contributed by atoms with Crippen LogP contribution in [0.2, 0.25) is 5.02 Å². The summed E-state index contributed by atoms with van der Waals surface area (Å²) < 4.78 is 33.9. The second kappa shape index (κ2) is 7.46. The van der Waals surface area contributed by atoms with Crippen LogP contribution in [0.1, 0.15) is 25.7 Å². The van der Waals surface area contributed by atoms with Crippen molar-refractivity contribution in [1.82, 2.24) is 5.32 Å². The van der Waals surface area contributed by atoms with Gasteiger partial charge in [0.2, 0.25) is 0 Å². The predicted octanol–water partition coefficient (Wildman–Crippen LogP) is 3.60. The predicted molar refractivity (Wildman–Crippen MR) is 114 cm³/mol. The zero-order valence-electron chi connectivity index (χ0n) is 16.3. The van der Waals surface area contributed by atoms with Gasteiger partial charge in [-0.3, -0.25) is 9.10 Å². The van der Waals surface area contributed by atoms with Gasteiger partial charge >= 0.3 is 0 Å². The number of anilines is 1. The number of rotatable bonds is 4. The minimum Gasteiger partial charge on any atom is -0.476 e. The van der Waals surface area contributed by atoms with E-state index < -0.39 is 16.1 Å². The summed E-state index contributed by atoms with van der Waals surface area (Å²) >= 11 is 5.92. The summed E-state index contributed by atoms with van der Waals surface area (Å²) in [5.41, 5.74) is 0.427. The Bertz CT molecular complexity index is 1070. The second-order valence-electron chi connectivity index (χ2n) is 8.35. The molecule has 3 aliphatic rings. The number of sulfonamides is 1. The topological polar surface area (TPSA) is 75.7 Å². The van der Waals surface area contributed by atoms with Gasteiger partial charge in [-0.05, 0) is 67.5 Å². The van der Waals surface area contributed by atoms with Crippen molar-refractivity contribution in [3.05, 3.63) is 53.6 Å². The van der Waals surface area contributed by atoms with E-state index in [1.54, 1.807) is 36.4 Å². The zero-order chi connectivity index (χ0) is 20.9. The minimum atomic E-state index is -3.88. The zero-order valence-corrected chi connectivity index (χ0v) is 17.9. The van der Waals surface area contributed by atoms with Gasteiger partial charge in [-0.15, -0.1) is 0 Å². The molecule has 0 radical (unpaired) electrons. The number of fused-ring (bicyclic) bond motifs is 3. The lowest BCUT2D eigenvalue weighted by molar-refractivity contribution is -0.128. The van der Waals surface area contributed by atoms with Gasteiger partial charge < -0.3 is 10.1 Å². The molecule has 2 bridgehead atoms. The van der Waals surface area contributed by atoms with Crippen molar-refractivity contribution >= 4 is 33.2 Å². The molecule has 0 aromatic heterocycles. The molecule has 0 spiro atoms. The van der Waals surface area contributed by atoms with Gasteiger partial charge in [0.15, 0.2) is 6.10 Å². The van der Waals surface area contributed by atoms with E-state index in [1.807, 2.05) is 0 Å². The number of nitrogens with zero attached hydrogens (tertiary/aromatic N) is 1. The molecule has 2 aromatic rings. The van der Waals surface area contributed by atoms with Crippen LogP contribution in [0.15, 0.2) is 53.4 Å². The fraction of sp³-hybridized carbons (Fsp3) is 0.409. The van der Waals surface area contributed by atoms with Crippen LogP contribution in [0.3, 0.4) is 0 Å². The van der Waals surface area contributed by atoms with Crippen LogP contribution in [0, 0.1) is 11.8 Å². The minimum absolute atomic E-state index is 0.0748. The number of halogens is 1. The quantitative estimate of drug-likeness (QED) is 0.778. The Hall–Kier alpha value is -2.25. The summed E-state index contributed by atoms with van der Waals surface area (Å²) in [7, 11) is -3.88. The Morgan fingerprint density at radius 3 is 2.53 bits per heavy atom. The summed E-state index contributed by atoms with van der Waals surface area (Å²) in [4.78, 5) is 13.1. The van der Waals surface area contributed by atoms with Gasteiger partial charge in [0.05, 0.1) is 17.1 Å². The molecule has 158 valence electrons.